The molecule has 0 bridgehead atoms. The van der Waals surface area contributed by atoms with E-state index in [2.05, 4.69) is 10.1 Å². The maximum absolute atomic E-state index is 12.1. The largest absolute Gasteiger partial charge is 0.364 e. The van der Waals surface area contributed by atoms with Crippen molar-refractivity contribution in [1.82, 2.24) is 24.1 Å². The third-order valence-electron chi connectivity index (χ3n) is 3.59. The van der Waals surface area contributed by atoms with Crippen LogP contribution in [0.5, 0.6) is 0 Å². The predicted octanol–water partition coefficient (Wildman–Crippen LogP) is 2.09. The van der Waals surface area contributed by atoms with Gasteiger partial charge in [-0.15, -0.1) is 0 Å². The van der Waals surface area contributed by atoms with Crippen LogP contribution in [0.2, 0.25) is 5.02 Å². The average Bonchev–Trinajstić information content (AvgIpc) is 2.97. The average molecular weight is 318 g/mol. The molecule has 0 saturated heterocycles. The Balaban J connectivity index is 2.06. The Bertz CT molecular complexity index is 890. The summed E-state index contributed by atoms with van der Waals surface area (Å²) >= 11 is 6.17. The van der Waals surface area contributed by atoms with E-state index in [0.29, 0.717) is 11.6 Å². The van der Waals surface area contributed by atoms with Gasteiger partial charge in [0.15, 0.2) is 0 Å². The van der Waals surface area contributed by atoms with Crippen LogP contribution >= 0.6 is 11.6 Å². The molecular weight excluding hydrogens is 302 g/mol. The van der Waals surface area contributed by atoms with Crippen LogP contribution in [0.25, 0.3) is 5.69 Å². The van der Waals surface area contributed by atoms with Crippen LogP contribution in [0, 0.1) is 13.8 Å². The van der Waals surface area contributed by atoms with Gasteiger partial charge in [-0.1, -0.05) is 17.7 Å². The molecule has 6 nitrogen and oxygen atoms in total. The quantitative estimate of drug-likeness (QED) is 0.743. The molecule has 0 amide bonds. The van der Waals surface area contributed by atoms with Gasteiger partial charge < -0.3 is 0 Å². The third kappa shape index (κ3) is 2.57. The highest BCUT2D eigenvalue weighted by Crippen LogP contribution is 2.19. The third-order valence-corrected chi connectivity index (χ3v) is 4.00. The summed E-state index contributed by atoms with van der Waals surface area (Å²) in [4.78, 5) is 15.9. The van der Waals surface area contributed by atoms with Crippen LogP contribution in [-0.2, 0) is 13.6 Å². The van der Waals surface area contributed by atoms with Gasteiger partial charge >= 0.3 is 5.69 Å². The molecule has 3 aromatic rings. The topological polar surface area (TPSA) is 57.6 Å². The normalized spacial score (nSPS) is 11.1. The fourth-order valence-corrected chi connectivity index (χ4v) is 2.53. The lowest BCUT2D eigenvalue weighted by Gasteiger charge is -2.11. The van der Waals surface area contributed by atoms with Gasteiger partial charge in [-0.2, -0.15) is 10.1 Å². The van der Waals surface area contributed by atoms with Gasteiger partial charge in [0.2, 0.25) is 0 Å². The molecule has 0 saturated carbocycles. The van der Waals surface area contributed by atoms with Crippen molar-refractivity contribution in [2.24, 2.45) is 7.05 Å². The molecule has 22 heavy (non-hydrogen) atoms. The molecule has 114 valence electrons. The standard InChI is InChI=1S/C15H16ClN5O/c1-10-4-5-12(6-13(10)16)21-9-17-15(22)20(21)8-14-11(2)7-19(3)18-14/h4-7,9H,8H2,1-3H3. The lowest BCUT2D eigenvalue weighted by atomic mass is 10.2. The van der Waals surface area contributed by atoms with Crippen LogP contribution in [0.3, 0.4) is 0 Å². The molecule has 2 aromatic heterocycles. The zero-order chi connectivity index (χ0) is 15.9. The Morgan fingerprint density at radius 1 is 1.23 bits per heavy atom. The molecule has 0 atom stereocenters. The molecule has 0 aliphatic carbocycles. The van der Waals surface area contributed by atoms with Crippen molar-refractivity contribution in [3.8, 4) is 5.69 Å². The van der Waals surface area contributed by atoms with E-state index in [1.807, 2.05) is 45.3 Å². The summed E-state index contributed by atoms with van der Waals surface area (Å²) in [7, 11) is 1.86. The molecule has 7 heteroatoms. The van der Waals surface area contributed by atoms with Gasteiger partial charge in [0.1, 0.15) is 6.33 Å². The van der Waals surface area contributed by atoms with E-state index in [-0.39, 0.29) is 5.69 Å². The molecular formula is C15H16ClN5O. The number of aromatic nitrogens is 5. The lowest BCUT2D eigenvalue weighted by molar-refractivity contribution is 0.568. The van der Waals surface area contributed by atoms with Gasteiger partial charge in [0.05, 0.1) is 17.9 Å². The second kappa shape index (κ2) is 5.46. The summed E-state index contributed by atoms with van der Waals surface area (Å²) in [5.41, 5.74) is 3.33. The van der Waals surface area contributed by atoms with Gasteiger partial charge in [0, 0.05) is 18.3 Å². The van der Waals surface area contributed by atoms with Crippen LogP contribution < -0.4 is 5.69 Å². The monoisotopic (exact) mass is 317 g/mol. The van der Waals surface area contributed by atoms with Gasteiger partial charge in [-0.05, 0) is 37.1 Å². The van der Waals surface area contributed by atoms with E-state index in [4.69, 9.17) is 11.6 Å². The summed E-state index contributed by atoms with van der Waals surface area (Å²) in [5, 5.41) is 5.03. The summed E-state index contributed by atoms with van der Waals surface area (Å²) in [6.45, 7) is 4.26. The van der Waals surface area contributed by atoms with Crippen LogP contribution in [-0.4, -0.2) is 24.1 Å². The Labute approximate surface area is 132 Å². The van der Waals surface area contributed by atoms with E-state index >= 15 is 0 Å². The first kappa shape index (κ1) is 14.6. The maximum atomic E-state index is 12.1. The second-order valence-electron chi connectivity index (χ2n) is 5.30. The Morgan fingerprint density at radius 3 is 2.64 bits per heavy atom. The number of nitrogens with zero attached hydrogens (tertiary/aromatic N) is 5. The molecule has 0 unspecified atom stereocenters. The number of hydrogen-bond acceptors (Lipinski definition) is 3. The number of rotatable bonds is 3. The number of hydrogen-bond donors (Lipinski definition) is 0. The van der Waals surface area contributed by atoms with E-state index in [0.717, 1.165) is 22.5 Å². The fraction of sp³-hybridized carbons (Fsp3) is 0.267. The van der Waals surface area contributed by atoms with Crippen LogP contribution in [0.15, 0.2) is 35.5 Å². The summed E-state index contributed by atoms with van der Waals surface area (Å²) in [5.74, 6) is 0. The van der Waals surface area contributed by atoms with Crippen molar-refractivity contribution < 1.29 is 0 Å². The van der Waals surface area contributed by atoms with Crippen LogP contribution in [0.4, 0.5) is 0 Å². The Hall–Kier alpha value is -2.34. The SMILES string of the molecule is Cc1ccc(-n2cnc(=O)n2Cc2nn(C)cc2C)cc1Cl. The maximum Gasteiger partial charge on any atom is 0.364 e. The van der Waals surface area contributed by atoms with Gasteiger partial charge in [-0.3, -0.25) is 4.68 Å². The molecule has 3 rings (SSSR count). The van der Waals surface area contributed by atoms with Crippen molar-refractivity contribution >= 4 is 11.6 Å². The van der Waals surface area contributed by atoms with E-state index < -0.39 is 0 Å². The Kier molecular flexibility index (Phi) is 3.62. The highest BCUT2D eigenvalue weighted by atomic mass is 35.5. The minimum absolute atomic E-state index is 0.318. The molecule has 0 fully saturated rings. The Morgan fingerprint density at radius 2 is 2.00 bits per heavy atom. The van der Waals surface area contributed by atoms with E-state index in [1.54, 1.807) is 9.36 Å². The summed E-state index contributed by atoms with van der Waals surface area (Å²) in [6.07, 6.45) is 3.42. The number of benzene rings is 1. The highest BCUT2D eigenvalue weighted by molar-refractivity contribution is 6.31. The fourth-order valence-electron chi connectivity index (χ4n) is 2.35. The number of aryl methyl sites for hydroxylation is 3. The zero-order valence-electron chi connectivity index (χ0n) is 12.6. The van der Waals surface area contributed by atoms with Gasteiger partial charge in [-0.25, -0.2) is 14.2 Å². The zero-order valence-corrected chi connectivity index (χ0v) is 13.4. The summed E-state index contributed by atoms with van der Waals surface area (Å²) in [6, 6.07) is 5.64. The first-order valence-electron chi connectivity index (χ1n) is 6.86. The van der Waals surface area contributed by atoms with Crippen LogP contribution in [0.1, 0.15) is 16.8 Å². The smallest absolute Gasteiger partial charge is 0.275 e. The minimum atomic E-state index is -0.318. The molecule has 0 aliphatic rings. The molecule has 1 aromatic carbocycles. The molecule has 0 N–H and O–H groups in total. The molecule has 0 spiro atoms. The molecule has 2 heterocycles. The van der Waals surface area contributed by atoms with E-state index in [1.165, 1.54) is 11.0 Å². The van der Waals surface area contributed by atoms with Crippen molar-refractivity contribution in [3.05, 3.63) is 63.1 Å². The first-order valence-corrected chi connectivity index (χ1v) is 7.23. The lowest BCUT2D eigenvalue weighted by Crippen LogP contribution is -2.24. The molecule has 0 radical (unpaired) electrons. The summed E-state index contributed by atoms with van der Waals surface area (Å²) < 4.78 is 4.97. The van der Waals surface area contributed by atoms with Crippen molar-refractivity contribution in [2.45, 2.75) is 20.4 Å². The number of halogens is 1. The molecule has 0 aliphatic heterocycles. The van der Waals surface area contributed by atoms with Crippen molar-refractivity contribution in [2.75, 3.05) is 0 Å². The second-order valence-corrected chi connectivity index (χ2v) is 5.70. The highest BCUT2D eigenvalue weighted by Gasteiger charge is 2.12. The van der Waals surface area contributed by atoms with Gasteiger partial charge in [0.25, 0.3) is 0 Å². The van der Waals surface area contributed by atoms with E-state index in [9.17, 15) is 4.79 Å². The van der Waals surface area contributed by atoms with Crippen molar-refractivity contribution in [3.63, 3.8) is 0 Å². The van der Waals surface area contributed by atoms with Crippen molar-refractivity contribution in [1.29, 1.82) is 0 Å². The first-order chi connectivity index (χ1) is 10.5. The minimum Gasteiger partial charge on any atom is -0.275 e. The predicted molar refractivity (Wildman–Crippen MR) is 84.6 cm³/mol.